The molecule has 0 saturated carbocycles. The van der Waals surface area contributed by atoms with Gasteiger partial charge in [0.05, 0.1) is 0 Å². The van der Waals surface area contributed by atoms with Gasteiger partial charge >= 0.3 is 0 Å². The minimum absolute atomic E-state index is 0.0317. The van der Waals surface area contributed by atoms with Crippen molar-refractivity contribution in [2.45, 2.75) is 25.9 Å². The van der Waals surface area contributed by atoms with E-state index in [4.69, 9.17) is 0 Å². The van der Waals surface area contributed by atoms with Gasteiger partial charge in [0, 0.05) is 31.9 Å². The van der Waals surface area contributed by atoms with Crippen LogP contribution in [0.15, 0.2) is 11.2 Å². The fourth-order valence-electron chi connectivity index (χ4n) is 2.27. The Morgan fingerprint density at radius 3 is 2.55 bits per heavy atom. The first-order valence-electron chi connectivity index (χ1n) is 7.14. The normalized spacial score (nSPS) is 16.4. The molecule has 2 heterocycles. The largest absolute Gasteiger partial charge is 0.335 e. The average Bonchev–Trinajstić information content (AvgIpc) is 2.46. The van der Waals surface area contributed by atoms with Crippen molar-refractivity contribution in [3.8, 4) is 0 Å². The van der Waals surface area contributed by atoms with Crippen LogP contribution in [0.3, 0.4) is 0 Å². The summed E-state index contributed by atoms with van der Waals surface area (Å²) in [4.78, 5) is 25.5. The molecule has 1 saturated heterocycles. The number of carbonyl (C=O) groups is 1. The number of nitrogens with zero attached hydrogens (tertiary/aromatic N) is 4. The second-order valence-electron chi connectivity index (χ2n) is 4.84. The molecule has 1 aliphatic rings. The van der Waals surface area contributed by atoms with Gasteiger partial charge in [-0.15, -0.1) is 0 Å². The molecular weight excluding hydrogens is 272 g/mol. The summed E-state index contributed by atoms with van der Waals surface area (Å²) < 4.78 is 0. The third kappa shape index (κ3) is 3.70. The highest BCUT2D eigenvalue weighted by atomic mass is 32.2. The number of amides is 1. The van der Waals surface area contributed by atoms with E-state index in [1.165, 1.54) is 0 Å². The number of likely N-dealkylation sites (N-methyl/N-ethyl adjacent to an activating group) is 1. The monoisotopic (exact) mass is 294 g/mol. The quantitative estimate of drug-likeness (QED) is 0.624. The van der Waals surface area contributed by atoms with Crippen molar-refractivity contribution in [1.29, 1.82) is 0 Å². The predicted octanol–water partition coefficient (Wildman–Crippen LogP) is 1.67. The second kappa shape index (κ2) is 7.04. The van der Waals surface area contributed by atoms with Gasteiger partial charge in [-0.3, -0.25) is 4.79 Å². The maximum atomic E-state index is 12.5. The van der Waals surface area contributed by atoms with E-state index in [0.717, 1.165) is 44.2 Å². The first-order chi connectivity index (χ1) is 9.63. The first kappa shape index (κ1) is 15.3. The Balaban J connectivity index is 2.09. The predicted molar refractivity (Wildman–Crippen MR) is 81.2 cm³/mol. The molecule has 5 nitrogen and oxygen atoms in total. The van der Waals surface area contributed by atoms with Crippen molar-refractivity contribution in [1.82, 2.24) is 19.8 Å². The number of hydrogen-bond acceptors (Lipinski definition) is 5. The summed E-state index contributed by atoms with van der Waals surface area (Å²) in [7, 11) is 0. The Morgan fingerprint density at radius 2 is 1.95 bits per heavy atom. The topological polar surface area (TPSA) is 49.3 Å². The van der Waals surface area contributed by atoms with E-state index in [2.05, 4.69) is 28.7 Å². The van der Waals surface area contributed by atoms with E-state index < -0.39 is 0 Å². The van der Waals surface area contributed by atoms with Gasteiger partial charge in [0.2, 0.25) is 0 Å². The molecule has 0 radical (unpaired) electrons. The smallest absolute Gasteiger partial charge is 0.272 e. The van der Waals surface area contributed by atoms with E-state index >= 15 is 0 Å². The molecule has 1 amide bonds. The van der Waals surface area contributed by atoms with E-state index in [-0.39, 0.29) is 5.91 Å². The Labute approximate surface area is 124 Å². The highest BCUT2D eigenvalue weighted by Crippen LogP contribution is 2.15. The van der Waals surface area contributed by atoms with Crippen LogP contribution in [0.4, 0.5) is 0 Å². The van der Waals surface area contributed by atoms with Crippen LogP contribution < -0.4 is 0 Å². The Morgan fingerprint density at radius 1 is 1.25 bits per heavy atom. The minimum atomic E-state index is 0.0317. The van der Waals surface area contributed by atoms with Gasteiger partial charge in [-0.2, -0.15) is 0 Å². The number of piperazine rings is 1. The van der Waals surface area contributed by atoms with Crippen molar-refractivity contribution in [3.05, 3.63) is 17.5 Å². The Kier molecular flexibility index (Phi) is 5.37. The molecule has 0 aliphatic carbocycles. The number of rotatable bonds is 4. The molecule has 1 aromatic heterocycles. The van der Waals surface area contributed by atoms with Gasteiger partial charge in [0.25, 0.3) is 5.91 Å². The summed E-state index contributed by atoms with van der Waals surface area (Å²) in [5, 5.41) is 0.697. The van der Waals surface area contributed by atoms with Gasteiger partial charge in [0.15, 0.2) is 5.16 Å². The van der Waals surface area contributed by atoms with Crippen LogP contribution in [0.5, 0.6) is 0 Å². The lowest BCUT2D eigenvalue weighted by Crippen LogP contribution is -2.48. The zero-order valence-electron chi connectivity index (χ0n) is 12.4. The van der Waals surface area contributed by atoms with Crippen LogP contribution in [0.25, 0.3) is 0 Å². The second-order valence-corrected chi connectivity index (χ2v) is 6.07. The first-order valence-corrected chi connectivity index (χ1v) is 8.12. The Bertz CT molecular complexity index is 472. The molecule has 110 valence electrons. The minimum Gasteiger partial charge on any atom is -0.335 e. The molecule has 0 spiro atoms. The lowest BCUT2D eigenvalue weighted by atomic mass is 10.2. The van der Waals surface area contributed by atoms with E-state index in [1.807, 2.05) is 11.8 Å². The van der Waals surface area contributed by atoms with Crippen molar-refractivity contribution >= 4 is 17.7 Å². The van der Waals surface area contributed by atoms with Crippen LogP contribution >= 0.6 is 11.8 Å². The molecule has 0 atom stereocenters. The highest BCUT2D eigenvalue weighted by molar-refractivity contribution is 7.99. The van der Waals surface area contributed by atoms with Crippen LogP contribution in [0, 0.1) is 6.92 Å². The summed E-state index contributed by atoms with van der Waals surface area (Å²) in [5.74, 6) is 0.941. The molecule has 0 bridgehead atoms. The zero-order valence-corrected chi connectivity index (χ0v) is 13.2. The number of aryl methyl sites for hydroxylation is 1. The van der Waals surface area contributed by atoms with Crippen molar-refractivity contribution in [2.24, 2.45) is 0 Å². The summed E-state index contributed by atoms with van der Waals surface area (Å²) in [6.07, 6.45) is 0. The third-order valence-electron chi connectivity index (χ3n) is 3.43. The molecule has 0 aromatic carbocycles. The fourth-order valence-corrected chi connectivity index (χ4v) is 2.90. The molecule has 1 aromatic rings. The average molecular weight is 294 g/mol. The van der Waals surface area contributed by atoms with Crippen LogP contribution in [0.1, 0.15) is 30.0 Å². The fraction of sp³-hybridized carbons (Fsp3) is 0.643. The molecule has 0 unspecified atom stereocenters. The molecule has 6 heteroatoms. The lowest BCUT2D eigenvalue weighted by Gasteiger charge is -2.33. The maximum Gasteiger partial charge on any atom is 0.272 e. The molecule has 1 aliphatic heterocycles. The number of carbonyl (C=O) groups excluding carboxylic acids is 1. The van der Waals surface area contributed by atoms with Gasteiger partial charge in [0.1, 0.15) is 5.69 Å². The van der Waals surface area contributed by atoms with E-state index in [0.29, 0.717) is 10.9 Å². The van der Waals surface area contributed by atoms with Crippen molar-refractivity contribution in [2.75, 3.05) is 38.5 Å². The van der Waals surface area contributed by atoms with E-state index in [1.54, 1.807) is 17.8 Å². The van der Waals surface area contributed by atoms with Gasteiger partial charge in [-0.25, -0.2) is 9.97 Å². The molecule has 1 fully saturated rings. The summed E-state index contributed by atoms with van der Waals surface area (Å²) in [6, 6.07) is 1.79. The molecule has 0 N–H and O–H groups in total. The summed E-state index contributed by atoms with van der Waals surface area (Å²) >= 11 is 1.57. The van der Waals surface area contributed by atoms with Crippen LogP contribution in [-0.2, 0) is 0 Å². The lowest BCUT2D eigenvalue weighted by molar-refractivity contribution is 0.0636. The maximum absolute atomic E-state index is 12.5. The van der Waals surface area contributed by atoms with E-state index in [9.17, 15) is 4.79 Å². The molecule has 20 heavy (non-hydrogen) atoms. The molecule has 2 rings (SSSR count). The third-order valence-corrected chi connectivity index (χ3v) is 4.16. The van der Waals surface area contributed by atoms with Gasteiger partial charge < -0.3 is 9.80 Å². The molecular formula is C14H22N4OS. The van der Waals surface area contributed by atoms with Crippen LogP contribution in [-0.4, -0.2) is 64.2 Å². The Hall–Kier alpha value is -1.14. The van der Waals surface area contributed by atoms with Crippen molar-refractivity contribution < 1.29 is 4.79 Å². The van der Waals surface area contributed by atoms with Crippen LogP contribution in [0.2, 0.25) is 0 Å². The number of aromatic nitrogens is 2. The van der Waals surface area contributed by atoms with Gasteiger partial charge in [-0.05, 0) is 25.3 Å². The number of thioether (sulfide) groups is 1. The summed E-state index contributed by atoms with van der Waals surface area (Å²) in [6.45, 7) is 10.6. The highest BCUT2D eigenvalue weighted by Gasteiger charge is 2.22. The van der Waals surface area contributed by atoms with Crippen molar-refractivity contribution in [3.63, 3.8) is 0 Å². The van der Waals surface area contributed by atoms with Gasteiger partial charge in [-0.1, -0.05) is 25.6 Å². The zero-order chi connectivity index (χ0) is 14.5. The summed E-state index contributed by atoms with van der Waals surface area (Å²) in [5.41, 5.74) is 1.38. The standard InChI is InChI=1S/C14H22N4OS/c1-4-17-6-8-18(9-7-17)13(19)12-10-11(3)15-14(16-12)20-5-2/h10H,4-9H2,1-3H3. The SMILES string of the molecule is CCSc1nc(C)cc(C(=O)N2CCN(CC)CC2)n1. The number of hydrogen-bond donors (Lipinski definition) is 0.